The number of hydrogen-bond acceptors (Lipinski definition) is 4. The van der Waals surface area contributed by atoms with Gasteiger partial charge in [-0.25, -0.2) is 0 Å². The third-order valence-electron chi connectivity index (χ3n) is 4.41. The van der Waals surface area contributed by atoms with Gasteiger partial charge in [-0.2, -0.15) is 5.10 Å². The van der Waals surface area contributed by atoms with Crippen LogP contribution in [0.2, 0.25) is 0 Å². The fraction of sp³-hybridized carbons (Fsp3) is 0.364. The molecule has 3 aromatic rings. The van der Waals surface area contributed by atoms with Gasteiger partial charge in [-0.15, -0.1) is 0 Å². The van der Waals surface area contributed by atoms with Crippen molar-refractivity contribution in [3.63, 3.8) is 0 Å². The first-order chi connectivity index (χ1) is 13.7. The molecule has 0 unspecified atom stereocenters. The van der Waals surface area contributed by atoms with Crippen molar-refractivity contribution in [2.75, 3.05) is 13.2 Å². The maximum Gasteiger partial charge on any atom is 0.200 e. The van der Waals surface area contributed by atoms with Crippen LogP contribution in [-0.4, -0.2) is 28.0 Å². The summed E-state index contributed by atoms with van der Waals surface area (Å²) in [7, 11) is 0. The molecule has 1 aromatic heterocycles. The third-order valence-corrected chi connectivity index (χ3v) is 4.69. The second kappa shape index (κ2) is 10.1. The van der Waals surface area contributed by atoms with Gasteiger partial charge >= 0.3 is 0 Å². The van der Waals surface area contributed by atoms with Crippen LogP contribution in [0.1, 0.15) is 39.5 Å². The number of H-pyrrole nitrogens is 1. The molecule has 0 bridgehead atoms. The number of unbranched alkanes of at least 4 members (excludes halogenated alkanes) is 2. The van der Waals surface area contributed by atoms with E-state index in [0.717, 1.165) is 67.5 Å². The van der Waals surface area contributed by atoms with Gasteiger partial charge in [0.05, 0.1) is 18.9 Å². The molecular formula is C22H27N3O2S. The number of aromatic amines is 1. The molecule has 0 aliphatic carbocycles. The average molecular weight is 398 g/mol. The Morgan fingerprint density at radius 3 is 1.93 bits per heavy atom. The molecule has 0 aliphatic heterocycles. The van der Waals surface area contributed by atoms with E-state index >= 15 is 0 Å². The van der Waals surface area contributed by atoms with Gasteiger partial charge in [0.1, 0.15) is 11.5 Å². The third kappa shape index (κ3) is 5.01. The normalized spacial score (nSPS) is 10.8. The predicted molar refractivity (Wildman–Crippen MR) is 115 cm³/mol. The van der Waals surface area contributed by atoms with Gasteiger partial charge in [0, 0.05) is 5.56 Å². The average Bonchev–Trinajstić information content (AvgIpc) is 3.11. The Bertz CT molecular complexity index is 914. The van der Waals surface area contributed by atoms with Crippen LogP contribution in [0.5, 0.6) is 11.5 Å². The van der Waals surface area contributed by atoms with Crippen LogP contribution < -0.4 is 9.47 Å². The van der Waals surface area contributed by atoms with Crippen molar-refractivity contribution in [3.05, 3.63) is 53.3 Å². The molecule has 0 saturated heterocycles. The van der Waals surface area contributed by atoms with Crippen LogP contribution in [0.25, 0.3) is 17.1 Å². The standard InChI is InChI=1S/C22H27N3O2S/c1-3-5-15-26-19-11-7-17(8-12-19)21-23-24-22(28)25(21)18-9-13-20(14-10-18)27-16-6-4-2/h7-14H,3-6,15-16H2,1-2H3,(H,24,28). The van der Waals surface area contributed by atoms with Gasteiger partial charge in [0.15, 0.2) is 10.6 Å². The van der Waals surface area contributed by atoms with Crippen molar-refractivity contribution in [1.82, 2.24) is 14.8 Å². The highest BCUT2D eigenvalue weighted by Gasteiger charge is 2.11. The first-order valence-electron chi connectivity index (χ1n) is 9.86. The van der Waals surface area contributed by atoms with Gasteiger partial charge in [0.25, 0.3) is 0 Å². The molecule has 148 valence electrons. The topological polar surface area (TPSA) is 52.1 Å². The summed E-state index contributed by atoms with van der Waals surface area (Å²) in [6.07, 6.45) is 4.35. The Balaban J connectivity index is 1.79. The highest BCUT2D eigenvalue weighted by Crippen LogP contribution is 2.25. The van der Waals surface area contributed by atoms with Crippen LogP contribution in [0, 0.1) is 4.77 Å². The van der Waals surface area contributed by atoms with E-state index in [0.29, 0.717) is 4.77 Å². The highest BCUT2D eigenvalue weighted by molar-refractivity contribution is 7.71. The molecule has 5 nitrogen and oxygen atoms in total. The molecule has 1 N–H and O–H groups in total. The number of rotatable bonds is 10. The lowest BCUT2D eigenvalue weighted by atomic mass is 10.2. The first-order valence-corrected chi connectivity index (χ1v) is 10.3. The maximum absolute atomic E-state index is 5.74. The zero-order valence-electron chi connectivity index (χ0n) is 16.5. The Morgan fingerprint density at radius 2 is 1.39 bits per heavy atom. The Labute approximate surface area is 171 Å². The molecule has 0 fully saturated rings. The van der Waals surface area contributed by atoms with Gasteiger partial charge in [-0.1, -0.05) is 26.7 Å². The van der Waals surface area contributed by atoms with Gasteiger partial charge in [-0.05, 0) is 73.6 Å². The van der Waals surface area contributed by atoms with Crippen molar-refractivity contribution < 1.29 is 9.47 Å². The SMILES string of the molecule is CCCCOc1ccc(-c2n[nH]c(=S)n2-c2ccc(OCCCC)cc2)cc1. The summed E-state index contributed by atoms with van der Waals surface area (Å²) in [4.78, 5) is 0. The zero-order valence-corrected chi connectivity index (χ0v) is 17.3. The Hall–Kier alpha value is -2.60. The second-order valence-corrected chi connectivity index (χ2v) is 7.00. The smallest absolute Gasteiger partial charge is 0.200 e. The van der Waals surface area contributed by atoms with Crippen LogP contribution in [0.3, 0.4) is 0 Å². The second-order valence-electron chi connectivity index (χ2n) is 6.61. The van der Waals surface area contributed by atoms with Crippen molar-refractivity contribution in [2.24, 2.45) is 0 Å². The number of benzene rings is 2. The van der Waals surface area contributed by atoms with E-state index in [4.69, 9.17) is 21.7 Å². The van der Waals surface area contributed by atoms with Crippen LogP contribution in [-0.2, 0) is 0 Å². The zero-order chi connectivity index (χ0) is 19.8. The number of ether oxygens (including phenoxy) is 2. The lowest BCUT2D eigenvalue weighted by Crippen LogP contribution is -2.00. The van der Waals surface area contributed by atoms with E-state index in [1.54, 1.807) is 0 Å². The van der Waals surface area contributed by atoms with E-state index in [-0.39, 0.29) is 0 Å². The minimum Gasteiger partial charge on any atom is -0.494 e. The fourth-order valence-corrected chi connectivity index (χ4v) is 3.03. The fourth-order valence-electron chi connectivity index (χ4n) is 2.79. The lowest BCUT2D eigenvalue weighted by Gasteiger charge is -2.10. The van der Waals surface area contributed by atoms with Gasteiger partial charge in [-0.3, -0.25) is 9.67 Å². The van der Waals surface area contributed by atoms with Crippen LogP contribution in [0.4, 0.5) is 0 Å². The van der Waals surface area contributed by atoms with Crippen molar-refractivity contribution in [2.45, 2.75) is 39.5 Å². The number of nitrogens with zero attached hydrogens (tertiary/aromatic N) is 2. The molecule has 0 saturated carbocycles. The predicted octanol–water partition coefficient (Wildman–Crippen LogP) is 5.95. The molecule has 0 aliphatic rings. The molecule has 1 heterocycles. The molecule has 2 aromatic carbocycles. The van der Waals surface area contributed by atoms with E-state index < -0.39 is 0 Å². The summed E-state index contributed by atoms with van der Waals surface area (Å²) in [5.74, 6) is 2.50. The quantitative estimate of drug-likeness (QED) is 0.339. The van der Waals surface area contributed by atoms with E-state index in [2.05, 4.69) is 24.0 Å². The number of nitrogens with one attached hydrogen (secondary N) is 1. The Morgan fingerprint density at radius 1 is 0.857 bits per heavy atom. The van der Waals surface area contributed by atoms with Gasteiger partial charge < -0.3 is 9.47 Å². The van der Waals surface area contributed by atoms with Crippen LogP contribution >= 0.6 is 12.2 Å². The number of aromatic nitrogens is 3. The summed E-state index contributed by atoms with van der Waals surface area (Å²) in [6, 6.07) is 15.9. The minimum atomic E-state index is 0.554. The Kier molecular flexibility index (Phi) is 7.25. The van der Waals surface area contributed by atoms with Crippen molar-refractivity contribution in [3.8, 4) is 28.6 Å². The molecule has 28 heavy (non-hydrogen) atoms. The van der Waals surface area contributed by atoms with E-state index in [9.17, 15) is 0 Å². The summed E-state index contributed by atoms with van der Waals surface area (Å²) in [6.45, 7) is 5.78. The number of hydrogen-bond donors (Lipinski definition) is 1. The summed E-state index contributed by atoms with van der Waals surface area (Å²) in [5.41, 5.74) is 1.92. The van der Waals surface area contributed by atoms with E-state index in [1.165, 1.54) is 0 Å². The molecule has 0 spiro atoms. The lowest BCUT2D eigenvalue weighted by molar-refractivity contribution is 0.309. The molecule has 0 atom stereocenters. The van der Waals surface area contributed by atoms with Crippen molar-refractivity contribution >= 4 is 12.2 Å². The summed E-state index contributed by atoms with van der Waals surface area (Å²) in [5, 5.41) is 7.32. The molecule has 0 radical (unpaired) electrons. The van der Waals surface area contributed by atoms with Crippen molar-refractivity contribution in [1.29, 1.82) is 0 Å². The van der Waals surface area contributed by atoms with Gasteiger partial charge in [0.2, 0.25) is 0 Å². The summed E-state index contributed by atoms with van der Waals surface area (Å²) < 4.78 is 14.0. The molecule has 3 rings (SSSR count). The largest absolute Gasteiger partial charge is 0.494 e. The summed E-state index contributed by atoms with van der Waals surface area (Å²) >= 11 is 5.46. The maximum atomic E-state index is 5.74. The first kappa shape index (κ1) is 20.1. The highest BCUT2D eigenvalue weighted by atomic mass is 32.1. The minimum absolute atomic E-state index is 0.554. The molecule has 6 heteroatoms. The molecular weight excluding hydrogens is 370 g/mol. The van der Waals surface area contributed by atoms with Crippen LogP contribution in [0.15, 0.2) is 48.5 Å². The monoisotopic (exact) mass is 397 g/mol. The molecule has 0 amide bonds. The van der Waals surface area contributed by atoms with E-state index in [1.807, 2.05) is 53.1 Å².